The first kappa shape index (κ1) is 19.2. The number of piperidine rings is 1. The van der Waals surface area contributed by atoms with Gasteiger partial charge in [0.2, 0.25) is 15.9 Å². The first-order valence-corrected chi connectivity index (χ1v) is 11.3. The molecule has 2 fully saturated rings. The summed E-state index contributed by atoms with van der Waals surface area (Å²) < 4.78 is 26.9. The zero-order valence-electron chi connectivity index (χ0n) is 15.9. The number of sulfonamides is 1. The van der Waals surface area contributed by atoms with Crippen LogP contribution in [-0.4, -0.2) is 38.3 Å². The molecule has 2 aliphatic rings. The van der Waals surface area contributed by atoms with Crippen LogP contribution in [-0.2, 0) is 20.2 Å². The smallest absolute Gasteiger partial charge is 0.243 e. The molecule has 0 radical (unpaired) electrons. The van der Waals surface area contributed by atoms with Gasteiger partial charge in [-0.2, -0.15) is 4.31 Å². The van der Waals surface area contributed by atoms with Gasteiger partial charge >= 0.3 is 0 Å². The Morgan fingerprint density at radius 2 is 1.54 bits per heavy atom. The Bertz CT molecular complexity index is 917. The van der Waals surface area contributed by atoms with Crippen molar-refractivity contribution in [3.05, 3.63) is 66.2 Å². The van der Waals surface area contributed by atoms with Crippen LogP contribution in [0.5, 0.6) is 0 Å². The van der Waals surface area contributed by atoms with E-state index in [9.17, 15) is 13.2 Å². The van der Waals surface area contributed by atoms with Gasteiger partial charge in [0.05, 0.1) is 4.90 Å². The Labute approximate surface area is 166 Å². The van der Waals surface area contributed by atoms with Crippen LogP contribution in [0.4, 0.5) is 0 Å². The van der Waals surface area contributed by atoms with E-state index in [4.69, 9.17) is 0 Å². The van der Waals surface area contributed by atoms with E-state index in [-0.39, 0.29) is 17.2 Å². The van der Waals surface area contributed by atoms with E-state index in [1.807, 2.05) is 18.2 Å². The molecular formula is C22H26N2O3S. The SMILES string of the molecule is O=C(NCC1(c2ccccc2)CC1)C1CCN(S(=O)(=O)c2ccccc2)CC1. The lowest BCUT2D eigenvalue weighted by Crippen LogP contribution is -2.44. The van der Waals surface area contributed by atoms with Gasteiger partial charge in [-0.25, -0.2) is 8.42 Å². The van der Waals surface area contributed by atoms with Crippen LogP contribution in [0.25, 0.3) is 0 Å². The fourth-order valence-corrected chi connectivity index (χ4v) is 5.50. The molecule has 4 rings (SSSR count). The van der Waals surface area contributed by atoms with Gasteiger partial charge in [0.15, 0.2) is 0 Å². The van der Waals surface area contributed by atoms with E-state index < -0.39 is 10.0 Å². The third-order valence-electron chi connectivity index (χ3n) is 6.05. The highest BCUT2D eigenvalue weighted by atomic mass is 32.2. The highest BCUT2D eigenvalue weighted by Crippen LogP contribution is 2.47. The minimum absolute atomic E-state index is 0.0546. The number of carbonyl (C=O) groups excluding carboxylic acids is 1. The van der Waals surface area contributed by atoms with Gasteiger partial charge in [0.1, 0.15) is 0 Å². The monoisotopic (exact) mass is 398 g/mol. The molecule has 1 saturated carbocycles. The van der Waals surface area contributed by atoms with Crippen LogP contribution >= 0.6 is 0 Å². The Morgan fingerprint density at radius 3 is 2.11 bits per heavy atom. The van der Waals surface area contributed by atoms with Crippen molar-refractivity contribution in [2.24, 2.45) is 5.92 Å². The number of amides is 1. The van der Waals surface area contributed by atoms with Crippen LogP contribution in [0.3, 0.4) is 0 Å². The molecule has 0 unspecified atom stereocenters. The van der Waals surface area contributed by atoms with Crippen molar-refractivity contribution in [2.75, 3.05) is 19.6 Å². The number of benzene rings is 2. The van der Waals surface area contributed by atoms with Crippen molar-refractivity contribution < 1.29 is 13.2 Å². The van der Waals surface area contributed by atoms with Gasteiger partial charge < -0.3 is 5.32 Å². The number of hydrogen-bond donors (Lipinski definition) is 1. The molecule has 2 aromatic rings. The van der Waals surface area contributed by atoms with Gasteiger partial charge in [-0.05, 0) is 43.4 Å². The second-order valence-electron chi connectivity index (χ2n) is 7.86. The molecule has 148 valence electrons. The van der Waals surface area contributed by atoms with Gasteiger partial charge in [-0.3, -0.25) is 4.79 Å². The van der Waals surface area contributed by atoms with E-state index in [2.05, 4.69) is 17.4 Å². The van der Waals surface area contributed by atoms with Crippen LogP contribution in [0.1, 0.15) is 31.2 Å². The minimum atomic E-state index is -3.47. The molecule has 0 bridgehead atoms. The molecule has 1 heterocycles. The molecule has 1 amide bonds. The first-order chi connectivity index (χ1) is 13.5. The van der Waals surface area contributed by atoms with Crippen LogP contribution in [0.2, 0.25) is 0 Å². The van der Waals surface area contributed by atoms with Gasteiger partial charge in [0.25, 0.3) is 0 Å². The second kappa shape index (κ2) is 7.68. The number of nitrogens with one attached hydrogen (secondary N) is 1. The Kier molecular flexibility index (Phi) is 5.25. The fourth-order valence-electron chi connectivity index (χ4n) is 4.01. The maximum Gasteiger partial charge on any atom is 0.243 e. The Balaban J connectivity index is 1.31. The molecule has 5 nitrogen and oxygen atoms in total. The number of nitrogens with zero attached hydrogens (tertiary/aromatic N) is 1. The van der Waals surface area contributed by atoms with Crippen molar-refractivity contribution in [2.45, 2.75) is 36.0 Å². The maximum atomic E-state index is 12.7. The molecule has 0 spiro atoms. The molecular weight excluding hydrogens is 372 g/mol. The largest absolute Gasteiger partial charge is 0.355 e. The quantitative estimate of drug-likeness (QED) is 0.814. The standard InChI is InChI=1S/C22H26N2O3S/c25-21(23-17-22(13-14-22)19-7-3-1-4-8-19)18-11-15-24(16-12-18)28(26,27)20-9-5-2-6-10-20/h1-10,18H,11-17H2,(H,23,25). The third kappa shape index (κ3) is 3.84. The third-order valence-corrected chi connectivity index (χ3v) is 7.96. The molecule has 1 N–H and O–H groups in total. The van der Waals surface area contributed by atoms with E-state index in [0.717, 1.165) is 12.8 Å². The van der Waals surface area contributed by atoms with Crippen LogP contribution in [0, 0.1) is 5.92 Å². The van der Waals surface area contributed by atoms with Crippen molar-refractivity contribution in [3.8, 4) is 0 Å². The lowest BCUT2D eigenvalue weighted by molar-refractivity contribution is -0.126. The predicted octanol–water partition coefficient (Wildman–Crippen LogP) is 2.94. The summed E-state index contributed by atoms with van der Waals surface area (Å²) in [6.07, 6.45) is 3.34. The number of rotatable bonds is 6. The van der Waals surface area contributed by atoms with Gasteiger partial charge in [-0.15, -0.1) is 0 Å². The molecule has 0 aromatic heterocycles. The van der Waals surface area contributed by atoms with E-state index in [1.165, 1.54) is 9.87 Å². The average molecular weight is 399 g/mol. The molecule has 1 aliphatic heterocycles. The number of hydrogen-bond acceptors (Lipinski definition) is 3. The Morgan fingerprint density at radius 1 is 0.964 bits per heavy atom. The number of carbonyl (C=O) groups is 1. The Hall–Kier alpha value is -2.18. The topological polar surface area (TPSA) is 66.5 Å². The van der Waals surface area contributed by atoms with Gasteiger partial charge in [0, 0.05) is 31.0 Å². The van der Waals surface area contributed by atoms with E-state index in [0.29, 0.717) is 37.4 Å². The summed E-state index contributed by atoms with van der Waals surface area (Å²) in [6, 6.07) is 18.9. The van der Waals surface area contributed by atoms with Crippen molar-refractivity contribution in [1.29, 1.82) is 0 Å². The second-order valence-corrected chi connectivity index (χ2v) is 9.79. The fraction of sp³-hybridized carbons (Fsp3) is 0.409. The lowest BCUT2D eigenvalue weighted by Gasteiger charge is -2.31. The highest BCUT2D eigenvalue weighted by molar-refractivity contribution is 7.89. The highest BCUT2D eigenvalue weighted by Gasteiger charge is 2.44. The predicted molar refractivity (Wildman–Crippen MR) is 108 cm³/mol. The summed E-state index contributed by atoms with van der Waals surface area (Å²) in [7, 11) is -3.47. The van der Waals surface area contributed by atoms with E-state index >= 15 is 0 Å². The molecule has 6 heteroatoms. The molecule has 1 saturated heterocycles. The zero-order valence-corrected chi connectivity index (χ0v) is 16.7. The van der Waals surface area contributed by atoms with Crippen molar-refractivity contribution >= 4 is 15.9 Å². The zero-order chi connectivity index (χ0) is 19.6. The summed E-state index contributed by atoms with van der Waals surface area (Å²) in [5.41, 5.74) is 1.38. The van der Waals surface area contributed by atoms with E-state index in [1.54, 1.807) is 30.3 Å². The summed E-state index contributed by atoms with van der Waals surface area (Å²) in [5, 5.41) is 3.13. The normalized spacial score (nSPS) is 19.9. The van der Waals surface area contributed by atoms with Crippen molar-refractivity contribution in [1.82, 2.24) is 9.62 Å². The summed E-state index contributed by atoms with van der Waals surface area (Å²) in [4.78, 5) is 13.0. The van der Waals surface area contributed by atoms with Gasteiger partial charge in [-0.1, -0.05) is 48.5 Å². The molecule has 2 aromatic carbocycles. The van der Waals surface area contributed by atoms with Crippen LogP contribution < -0.4 is 5.32 Å². The summed E-state index contributed by atoms with van der Waals surface area (Å²) in [5.74, 6) is -0.0623. The summed E-state index contributed by atoms with van der Waals surface area (Å²) in [6.45, 7) is 1.44. The molecule has 28 heavy (non-hydrogen) atoms. The summed E-state index contributed by atoms with van der Waals surface area (Å²) >= 11 is 0. The average Bonchev–Trinajstić information content (AvgIpc) is 3.55. The first-order valence-electron chi connectivity index (χ1n) is 9.90. The lowest BCUT2D eigenvalue weighted by atomic mass is 9.94. The minimum Gasteiger partial charge on any atom is -0.355 e. The van der Waals surface area contributed by atoms with Crippen molar-refractivity contribution in [3.63, 3.8) is 0 Å². The van der Waals surface area contributed by atoms with Crippen LogP contribution in [0.15, 0.2) is 65.6 Å². The molecule has 1 aliphatic carbocycles. The molecule has 0 atom stereocenters. The maximum absolute atomic E-state index is 12.7.